The minimum absolute atomic E-state index is 0.117. The third kappa shape index (κ3) is 22.3. The van der Waals surface area contributed by atoms with Crippen LogP contribution in [0.1, 0.15) is 163 Å². The average Bonchev–Trinajstić information content (AvgIpc) is 3.59. The minimum Gasteiger partial charge on any atom is -0.343 e. The van der Waals surface area contributed by atoms with Crippen molar-refractivity contribution in [2.45, 2.75) is 224 Å². The lowest BCUT2D eigenvalue weighted by atomic mass is 9.93. The van der Waals surface area contributed by atoms with Crippen molar-refractivity contribution >= 4 is 65.0 Å². The highest BCUT2D eigenvalue weighted by molar-refractivity contribution is 5.99. The molecule has 0 spiro atoms. The topological polar surface area (TPSA) is 259 Å². The van der Waals surface area contributed by atoms with Crippen LogP contribution in [0.15, 0.2) is 12.2 Å². The molecule has 1 saturated heterocycles. The van der Waals surface area contributed by atoms with Gasteiger partial charge in [0.25, 0.3) is 0 Å². The van der Waals surface area contributed by atoms with E-state index in [1.165, 1.54) is 97.5 Å². The second kappa shape index (κ2) is 34.9. The van der Waals surface area contributed by atoms with Crippen LogP contribution in [0.3, 0.4) is 0 Å². The summed E-state index contributed by atoms with van der Waals surface area (Å²) in [4.78, 5) is 170. The molecular formula is C63H113N11O11. The van der Waals surface area contributed by atoms with Gasteiger partial charge in [-0.05, 0) is 107 Å². The first-order chi connectivity index (χ1) is 39.2. The predicted molar refractivity (Wildman–Crippen MR) is 332 cm³/mol. The van der Waals surface area contributed by atoms with Gasteiger partial charge >= 0.3 is 0 Å². The van der Waals surface area contributed by atoms with E-state index in [0.717, 1.165) is 0 Å². The Morgan fingerprint density at radius 3 is 1.16 bits per heavy atom. The number of carbonyl (C=O) groups is 11. The fourth-order valence-corrected chi connectivity index (χ4v) is 10.8. The molecule has 0 radical (unpaired) electrons. The van der Waals surface area contributed by atoms with Gasteiger partial charge in [0.1, 0.15) is 60.4 Å². The van der Waals surface area contributed by atoms with Crippen molar-refractivity contribution in [3.05, 3.63) is 12.2 Å². The van der Waals surface area contributed by atoms with E-state index in [-0.39, 0.29) is 61.7 Å². The van der Waals surface area contributed by atoms with Crippen LogP contribution < -0.4 is 21.3 Å². The molecule has 22 heteroatoms. The smallest absolute Gasteiger partial charge is 0.246 e. The van der Waals surface area contributed by atoms with Gasteiger partial charge in [-0.2, -0.15) is 0 Å². The van der Waals surface area contributed by atoms with Gasteiger partial charge in [-0.15, -0.1) is 0 Å². The number of allylic oxidation sites excluding steroid dienone is 2. The van der Waals surface area contributed by atoms with Crippen molar-refractivity contribution in [3.63, 3.8) is 0 Å². The Morgan fingerprint density at radius 1 is 0.388 bits per heavy atom. The molecule has 0 aromatic rings. The van der Waals surface area contributed by atoms with E-state index in [1.54, 1.807) is 41.5 Å². The molecule has 1 aliphatic rings. The molecule has 1 aliphatic heterocycles. The van der Waals surface area contributed by atoms with Crippen LogP contribution in [-0.4, -0.2) is 216 Å². The van der Waals surface area contributed by atoms with Crippen molar-refractivity contribution in [2.75, 3.05) is 55.9 Å². The van der Waals surface area contributed by atoms with Crippen molar-refractivity contribution in [3.8, 4) is 0 Å². The van der Waals surface area contributed by atoms with Crippen molar-refractivity contribution in [1.29, 1.82) is 0 Å². The van der Waals surface area contributed by atoms with Gasteiger partial charge in [-0.1, -0.05) is 116 Å². The lowest BCUT2D eigenvalue weighted by Crippen LogP contribution is -2.62. The molecule has 11 atom stereocenters. The second-order valence-corrected chi connectivity index (χ2v) is 26.8. The molecule has 486 valence electrons. The number of hydrogen-bond donors (Lipinski definition) is 4. The Hall–Kier alpha value is -6.09. The van der Waals surface area contributed by atoms with E-state index in [2.05, 4.69) is 21.3 Å². The maximum absolute atomic E-state index is 15.2. The van der Waals surface area contributed by atoms with Crippen LogP contribution in [0, 0.1) is 47.3 Å². The fourth-order valence-electron chi connectivity index (χ4n) is 10.8. The van der Waals surface area contributed by atoms with Gasteiger partial charge in [-0.3, -0.25) is 52.7 Å². The molecule has 85 heavy (non-hydrogen) atoms. The highest BCUT2D eigenvalue weighted by atomic mass is 16.2. The zero-order valence-corrected chi connectivity index (χ0v) is 56.6. The molecule has 0 aromatic carbocycles. The monoisotopic (exact) mass is 1200 g/mol. The van der Waals surface area contributed by atoms with E-state index >= 15 is 9.59 Å². The Bertz CT molecular complexity index is 2320. The van der Waals surface area contributed by atoms with Gasteiger partial charge in [0.15, 0.2) is 0 Å². The molecule has 22 nitrogen and oxygen atoms in total. The van der Waals surface area contributed by atoms with E-state index in [0.29, 0.717) is 6.42 Å². The van der Waals surface area contributed by atoms with Gasteiger partial charge in [0.2, 0.25) is 65.0 Å². The number of amides is 11. The van der Waals surface area contributed by atoms with Gasteiger partial charge in [0.05, 0.1) is 6.54 Å². The van der Waals surface area contributed by atoms with Crippen LogP contribution in [0.4, 0.5) is 0 Å². The van der Waals surface area contributed by atoms with Gasteiger partial charge < -0.3 is 55.6 Å². The first-order valence-corrected chi connectivity index (χ1v) is 30.8. The Morgan fingerprint density at radius 2 is 0.741 bits per heavy atom. The fraction of sp³-hybridized carbons (Fsp3) is 0.794. The van der Waals surface area contributed by atoms with Crippen molar-refractivity contribution in [1.82, 2.24) is 55.6 Å². The molecule has 1 rings (SSSR count). The number of nitrogens with one attached hydrogen (secondary N) is 4. The maximum Gasteiger partial charge on any atom is 0.246 e. The summed E-state index contributed by atoms with van der Waals surface area (Å²) >= 11 is 0. The van der Waals surface area contributed by atoms with Gasteiger partial charge in [0, 0.05) is 49.3 Å². The molecule has 1 fully saturated rings. The van der Waals surface area contributed by atoms with Crippen molar-refractivity contribution in [2.24, 2.45) is 47.3 Å². The van der Waals surface area contributed by atoms with E-state index in [1.807, 2.05) is 81.4 Å². The molecule has 0 saturated carbocycles. The van der Waals surface area contributed by atoms with Crippen LogP contribution in [0.2, 0.25) is 0 Å². The normalized spacial score (nSPS) is 26.6. The summed E-state index contributed by atoms with van der Waals surface area (Å²) in [6.07, 6.45) is 5.31. The van der Waals surface area contributed by atoms with Crippen LogP contribution in [0.5, 0.6) is 0 Å². The maximum atomic E-state index is 15.2. The van der Waals surface area contributed by atoms with E-state index in [9.17, 15) is 43.2 Å². The quantitative estimate of drug-likeness (QED) is 0.166. The number of nitrogens with zero attached hydrogens (tertiary/aromatic N) is 7. The van der Waals surface area contributed by atoms with E-state index < -0.39 is 150 Å². The summed E-state index contributed by atoms with van der Waals surface area (Å²) in [5, 5.41) is 11.2. The summed E-state index contributed by atoms with van der Waals surface area (Å²) in [5.41, 5.74) is 0. The zero-order chi connectivity index (χ0) is 66.0. The Labute approximate surface area is 510 Å². The number of hydrogen-bond acceptors (Lipinski definition) is 11. The molecule has 0 unspecified atom stereocenters. The first-order valence-electron chi connectivity index (χ1n) is 30.8. The zero-order valence-electron chi connectivity index (χ0n) is 56.6. The molecule has 4 N–H and O–H groups in total. The van der Waals surface area contributed by atoms with Crippen molar-refractivity contribution < 1.29 is 52.7 Å². The highest BCUT2D eigenvalue weighted by Crippen LogP contribution is 2.25. The molecule has 0 aromatic heterocycles. The number of carbonyl (C=O) groups excluding carboxylic acids is 11. The lowest BCUT2D eigenvalue weighted by molar-refractivity contribution is -0.156. The molecule has 0 bridgehead atoms. The predicted octanol–water partition coefficient (Wildman–Crippen LogP) is 4.54. The third-order valence-electron chi connectivity index (χ3n) is 16.1. The van der Waals surface area contributed by atoms with Gasteiger partial charge in [-0.25, -0.2) is 0 Å². The second-order valence-electron chi connectivity index (χ2n) is 26.8. The lowest BCUT2D eigenvalue weighted by Gasteiger charge is -2.41. The summed E-state index contributed by atoms with van der Waals surface area (Å²) < 4.78 is 0. The largest absolute Gasteiger partial charge is 0.343 e. The minimum atomic E-state index is -1.21. The van der Waals surface area contributed by atoms with Crippen LogP contribution in [0.25, 0.3) is 0 Å². The number of likely N-dealkylation sites (N-methyl/N-ethyl adjacent to an activating group) is 7. The third-order valence-corrected chi connectivity index (χ3v) is 16.1. The summed E-state index contributed by atoms with van der Waals surface area (Å²) in [7, 11) is 10.3. The summed E-state index contributed by atoms with van der Waals surface area (Å²) in [6.45, 7) is 31.9. The molecule has 11 amide bonds. The summed E-state index contributed by atoms with van der Waals surface area (Å²) in [5.74, 6) is -8.85. The first kappa shape index (κ1) is 76.9. The van der Waals surface area contributed by atoms with Crippen LogP contribution in [-0.2, 0) is 52.7 Å². The van der Waals surface area contributed by atoms with Crippen LogP contribution >= 0.6 is 0 Å². The standard InChI is InChI=1S/C63H113N11O11/c1-26-27-28-42(16)33-47-57(79)66-51(39(10)11)61(83)68(19)34-50(75)69(20)45(29-35(2)3)56(78)67-52(40(12)13)62(84)70(21)46(30-36(4)5)55(77)64-43(17)54(76)65-44(18)58(80)72(23)48(31-37(6)7)59(81)73(24)49(32-38(8)9)60(82)74(25)53(41(14)15)63(85)71(47)22/h26-27,35-49,51-53H,28-34H2,1-25H3,(H,64,77)(H,65,76)(H,66,79)(H,67,78)/b27-26+/t42-,43+,44-,45+,46-,47+,48+,49+,51-,52+,53-/m1/s1. The highest BCUT2D eigenvalue weighted by Gasteiger charge is 2.44. The molecule has 1 heterocycles. The Kier molecular flexibility index (Phi) is 31.6. The molecule has 0 aliphatic carbocycles. The SMILES string of the molecule is C/C=C/C[C@@H](C)C[C@H]1C(=O)N[C@H](C(C)C)C(=O)N(C)CC(=O)N(C)[C@@H](CC(C)C)C(=O)N[C@@H](C(C)C)C(=O)N(C)[C@H](CC(C)C)C(=O)N[C@@H](C)C(=O)N[C@H](C)C(=O)N(C)[C@@H](CC(C)C)C(=O)N(C)[C@@H](CC(C)C)C(=O)N(C)[C@H](C(C)C)C(=O)N1C. The molecular weight excluding hydrogens is 1090 g/mol. The average molecular weight is 1200 g/mol. The summed E-state index contributed by atoms with van der Waals surface area (Å²) in [6, 6.07) is -11.5. The van der Waals surface area contributed by atoms with E-state index in [4.69, 9.17) is 0 Å². The Balaban J connectivity index is 4.32. The number of rotatable bonds is 15.